The van der Waals surface area contributed by atoms with Crippen LogP contribution in [0.4, 0.5) is 0 Å². The van der Waals surface area contributed by atoms with E-state index in [-0.39, 0.29) is 0 Å². The summed E-state index contributed by atoms with van der Waals surface area (Å²) in [6, 6.07) is 8.16. The zero-order chi connectivity index (χ0) is 11.7. The summed E-state index contributed by atoms with van der Waals surface area (Å²) >= 11 is 1.84. The quantitative estimate of drug-likeness (QED) is 0.805. The fraction of sp³-hybridized carbons (Fsp3) is 0.357. The maximum Gasteiger partial charge on any atom is 0.124 e. The first-order chi connectivity index (χ1) is 8.36. The number of aryl methyl sites for hydroxylation is 2. The van der Waals surface area contributed by atoms with Crippen molar-refractivity contribution in [3.8, 4) is 16.3 Å². The van der Waals surface area contributed by atoms with Crippen LogP contribution in [0, 0.1) is 0 Å². The molecule has 0 bridgehead atoms. The van der Waals surface area contributed by atoms with Crippen LogP contribution >= 0.6 is 11.3 Å². The molecule has 0 atom stereocenters. The average molecular weight is 245 g/mol. The maximum absolute atomic E-state index is 5.26. The first-order valence-corrected chi connectivity index (χ1v) is 6.81. The number of fused-ring (bicyclic) bond motifs is 1. The third kappa shape index (κ3) is 2.07. The van der Waals surface area contributed by atoms with Crippen LogP contribution in [-0.2, 0) is 12.8 Å². The molecule has 1 heterocycles. The number of methoxy groups -OCH3 is 1. The molecule has 2 aromatic rings. The molecule has 1 aromatic carbocycles. The fourth-order valence-corrected chi connectivity index (χ4v) is 3.38. The van der Waals surface area contributed by atoms with E-state index in [1.54, 1.807) is 7.11 Å². The zero-order valence-electron chi connectivity index (χ0n) is 9.90. The Kier molecular flexibility index (Phi) is 2.85. The van der Waals surface area contributed by atoms with Gasteiger partial charge < -0.3 is 4.74 Å². The third-order valence-corrected chi connectivity index (χ3v) is 4.37. The predicted octanol–water partition coefficient (Wildman–Crippen LogP) is 3.70. The second kappa shape index (κ2) is 4.49. The third-order valence-electron chi connectivity index (χ3n) is 3.16. The van der Waals surface area contributed by atoms with Crippen molar-refractivity contribution in [2.75, 3.05) is 7.11 Å². The Bertz CT molecular complexity index is 509. The number of thiazole rings is 1. The summed E-state index contributed by atoms with van der Waals surface area (Å²) in [6.45, 7) is 0. The van der Waals surface area contributed by atoms with Gasteiger partial charge in [0.1, 0.15) is 10.8 Å². The van der Waals surface area contributed by atoms with Gasteiger partial charge in [-0.15, -0.1) is 11.3 Å². The van der Waals surface area contributed by atoms with Crippen LogP contribution in [0.5, 0.6) is 5.75 Å². The molecule has 0 unspecified atom stereocenters. The van der Waals surface area contributed by atoms with E-state index in [2.05, 4.69) is 12.1 Å². The topological polar surface area (TPSA) is 22.1 Å². The van der Waals surface area contributed by atoms with Crippen LogP contribution in [0.15, 0.2) is 24.3 Å². The standard InChI is InChI=1S/C14H15NOS/c1-16-11-6-4-5-10(9-11)14-15-12-7-2-3-8-13(12)17-14/h4-6,9H,2-3,7-8H2,1H3. The largest absolute Gasteiger partial charge is 0.497 e. The monoisotopic (exact) mass is 245 g/mol. The van der Waals surface area contributed by atoms with Crippen LogP contribution in [0.25, 0.3) is 10.6 Å². The normalized spacial score (nSPS) is 14.4. The lowest BCUT2D eigenvalue weighted by Gasteiger charge is -2.06. The SMILES string of the molecule is COc1cccc(-c2nc3c(s2)CCCC3)c1. The van der Waals surface area contributed by atoms with Crippen molar-refractivity contribution in [3.63, 3.8) is 0 Å². The van der Waals surface area contributed by atoms with Crippen LogP contribution in [0.3, 0.4) is 0 Å². The predicted molar refractivity (Wildman–Crippen MR) is 70.7 cm³/mol. The highest BCUT2D eigenvalue weighted by Crippen LogP contribution is 2.33. The van der Waals surface area contributed by atoms with Gasteiger partial charge in [-0.25, -0.2) is 4.98 Å². The molecule has 1 aromatic heterocycles. The Morgan fingerprint density at radius 2 is 2.12 bits per heavy atom. The van der Waals surface area contributed by atoms with Gasteiger partial charge in [-0.2, -0.15) is 0 Å². The summed E-state index contributed by atoms with van der Waals surface area (Å²) in [5.41, 5.74) is 2.49. The Balaban J connectivity index is 2.00. The van der Waals surface area contributed by atoms with Gasteiger partial charge in [0.25, 0.3) is 0 Å². The minimum atomic E-state index is 0.899. The van der Waals surface area contributed by atoms with Crippen LogP contribution < -0.4 is 4.74 Å². The van der Waals surface area contributed by atoms with Gasteiger partial charge in [0.05, 0.1) is 12.8 Å². The highest BCUT2D eigenvalue weighted by Gasteiger charge is 2.15. The van der Waals surface area contributed by atoms with E-state index in [0.29, 0.717) is 0 Å². The number of rotatable bonds is 2. The number of aromatic nitrogens is 1. The minimum absolute atomic E-state index is 0.899. The van der Waals surface area contributed by atoms with E-state index in [4.69, 9.17) is 9.72 Å². The molecule has 0 radical (unpaired) electrons. The molecule has 2 nitrogen and oxygen atoms in total. The van der Waals surface area contributed by atoms with Crippen molar-refractivity contribution in [3.05, 3.63) is 34.8 Å². The first kappa shape index (κ1) is 10.8. The number of benzene rings is 1. The molecule has 88 valence electrons. The summed E-state index contributed by atoms with van der Waals surface area (Å²) in [5, 5.41) is 1.14. The zero-order valence-corrected chi connectivity index (χ0v) is 10.7. The summed E-state index contributed by atoms with van der Waals surface area (Å²) in [7, 11) is 1.70. The van der Waals surface area contributed by atoms with Crippen molar-refractivity contribution >= 4 is 11.3 Å². The molecule has 3 rings (SSSR count). The Labute approximate surface area is 105 Å². The lowest BCUT2D eigenvalue weighted by molar-refractivity contribution is 0.415. The highest BCUT2D eigenvalue weighted by atomic mass is 32.1. The second-order valence-corrected chi connectivity index (χ2v) is 5.41. The second-order valence-electron chi connectivity index (χ2n) is 4.33. The van der Waals surface area contributed by atoms with Crippen molar-refractivity contribution in [2.45, 2.75) is 25.7 Å². The number of hydrogen-bond acceptors (Lipinski definition) is 3. The summed E-state index contributed by atoms with van der Waals surface area (Å²) in [5.74, 6) is 0.899. The van der Waals surface area contributed by atoms with Gasteiger partial charge in [-0.3, -0.25) is 0 Å². The molecule has 1 aliphatic rings. The average Bonchev–Trinajstić information content (AvgIpc) is 2.82. The van der Waals surface area contributed by atoms with Gasteiger partial charge in [-0.05, 0) is 37.8 Å². The molecule has 0 saturated heterocycles. The highest BCUT2D eigenvalue weighted by molar-refractivity contribution is 7.15. The van der Waals surface area contributed by atoms with E-state index in [1.165, 1.54) is 35.4 Å². The van der Waals surface area contributed by atoms with E-state index in [0.717, 1.165) is 17.2 Å². The fourth-order valence-electron chi connectivity index (χ4n) is 2.23. The minimum Gasteiger partial charge on any atom is -0.497 e. The van der Waals surface area contributed by atoms with Gasteiger partial charge in [0, 0.05) is 10.4 Å². The maximum atomic E-state index is 5.26. The summed E-state index contributed by atoms with van der Waals surface area (Å²) in [6.07, 6.45) is 4.95. The summed E-state index contributed by atoms with van der Waals surface area (Å²) in [4.78, 5) is 6.24. The van der Waals surface area contributed by atoms with Crippen molar-refractivity contribution in [1.29, 1.82) is 0 Å². The molecular weight excluding hydrogens is 230 g/mol. The molecule has 0 saturated carbocycles. The molecule has 17 heavy (non-hydrogen) atoms. The van der Waals surface area contributed by atoms with Gasteiger partial charge in [-0.1, -0.05) is 12.1 Å². The summed E-state index contributed by atoms with van der Waals surface area (Å²) < 4.78 is 5.26. The van der Waals surface area contributed by atoms with Crippen LogP contribution in [0.2, 0.25) is 0 Å². The van der Waals surface area contributed by atoms with Crippen molar-refractivity contribution in [1.82, 2.24) is 4.98 Å². The van der Waals surface area contributed by atoms with E-state index < -0.39 is 0 Å². The van der Waals surface area contributed by atoms with Crippen molar-refractivity contribution in [2.24, 2.45) is 0 Å². The van der Waals surface area contributed by atoms with Gasteiger partial charge in [0.2, 0.25) is 0 Å². The molecule has 3 heteroatoms. The number of hydrogen-bond donors (Lipinski definition) is 0. The molecular formula is C14H15NOS. The lowest BCUT2D eigenvalue weighted by atomic mass is 10.0. The molecule has 0 amide bonds. The Hall–Kier alpha value is -1.35. The van der Waals surface area contributed by atoms with Crippen molar-refractivity contribution < 1.29 is 4.74 Å². The number of ether oxygens (including phenoxy) is 1. The van der Waals surface area contributed by atoms with E-state index in [1.807, 2.05) is 23.5 Å². The lowest BCUT2D eigenvalue weighted by Crippen LogP contribution is -1.98. The van der Waals surface area contributed by atoms with E-state index in [9.17, 15) is 0 Å². The van der Waals surface area contributed by atoms with Gasteiger partial charge in [0.15, 0.2) is 0 Å². The van der Waals surface area contributed by atoms with Crippen LogP contribution in [-0.4, -0.2) is 12.1 Å². The Morgan fingerprint density at radius 1 is 1.24 bits per heavy atom. The Morgan fingerprint density at radius 3 is 2.94 bits per heavy atom. The van der Waals surface area contributed by atoms with Gasteiger partial charge >= 0.3 is 0 Å². The smallest absolute Gasteiger partial charge is 0.124 e. The molecule has 0 spiro atoms. The molecule has 0 N–H and O–H groups in total. The molecule has 0 aliphatic heterocycles. The molecule has 1 aliphatic carbocycles. The van der Waals surface area contributed by atoms with E-state index >= 15 is 0 Å². The molecule has 0 fully saturated rings. The number of nitrogens with zero attached hydrogens (tertiary/aromatic N) is 1. The van der Waals surface area contributed by atoms with Crippen LogP contribution in [0.1, 0.15) is 23.4 Å². The first-order valence-electron chi connectivity index (χ1n) is 6.00.